The molecule has 0 saturated heterocycles. The minimum absolute atomic E-state index is 0.0924. The average Bonchev–Trinajstić information content (AvgIpc) is 3.26. The van der Waals surface area contributed by atoms with Crippen LogP contribution in [0.15, 0.2) is 77.6 Å². The van der Waals surface area contributed by atoms with Gasteiger partial charge >= 0.3 is 16.9 Å². The van der Waals surface area contributed by atoms with Crippen LogP contribution >= 0.6 is 11.3 Å². The first-order chi connectivity index (χ1) is 19.5. The van der Waals surface area contributed by atoms with Gasteiger partial charge in [0.05, 0.1) is 23.9 Å². The number of carbonyl (C=O) groups is 3. The van der Waals surface area contributed by atoms with Gasteiger partial charge in [-0.25, -0.2) is 9.59 Å². The molecule has 0 spiro atoms. The first-order valence-corrected chi connectivity index (χ1v) is 13.9. The number of nitrogens with one attached hydrogen (secondary N) is 1. The standard InChI is InChI=1S/C31H32N2O7S/c1-31(2,3)40-29(36)32-24(28(35)38-4)18-20-10-13-23(14-11-20)39-17-16-33-25-15-12-22(19-26(25)41-30(33)37)27(34)21-8-6-5-7-9-21/h5-15,19,24H,16-18H2,1-4H3,(H,32,36). The van der Waals surface area contributed by atoms with Gasteiger partial charge in [-0.2, -0.15) is 0 Å². The Bertz CT molecular complexity index is 1590. The molecule has 0 aliphatic carbocycles. The fourth-order valence-electron chi connectivity index (χ4n) is 4.17. The number of rotatable bonds is 10. The molecule has 214 valence electrons. The van der Waals surface area contributed by atoms with Crippen LogP contribution in [0.5, 0.6) is 5.75 Å². The number of hydrogen-bond acceptors (Lipinski definition) is 8. The predicted molar refractivity (Wildman–Crippen MR) is 157 cm³/mol. The summed E-state index contributed by atoms with van der Waals surface area (Å²) >= 11 is 1.09. The van der Waals surface area contributed by atoms with Gasteiger partial charge in [0, 0.05) is 17.5 Å². The van der Waals surface area contributed by atoms with Crippen molar-refractivity contribution < 1.29 is 28.6 Å². The van der Waals surface area contributed by atoms with Crippen LogP contribution in [0.25, 0.3) is 10.2 Å². The zero-order chi connectivity index (χ0) is 29.6. The van der Waals surface area contributed by atoms with E-state index in [1.807, 2.05) is 18.2 Å². The molecule has 9 nitrogen and oxygen atoms in total. The number of benzene rings is 3. The lowest BCUT2D eigenvalue weighted by molar-refractivity contribution is -0.143. The van der Waals surface area contributed by atoms with Gasteiger partial charge in [0.15, 0.2) is 5.78 Å². The molecule has 10 heteroatoms. The number of esters is 1. The van der Waals surface area contributed by atoms with Gasteiger partial charge in [0.25, 0.3) is 0 Å². The Morgan fingerprint density at radius 2 is 1.66 bits per heavy atom. The summed E-state index contributed by atoms with van der Waals surface area (Å²) in [5.41, 5.74) is 1.95. The Balaban J connectivity index is 1.36. The van der Waals surface area contributed by atoms with E-state index in [1.165, 1.54) is 7.11 Å². The first kappa shape index (κ1) is 29.5. The molecular formula is C31H32N2O7S. The average molecular weight is 577 g/mol. The summed E-state index contributed by atoms with van der Waals surface area (Å²) in [6, 6.07) is 20.5. The third kappa shape index (κ3) is 7.82. The lowest BCUT2D eigenvalue weighted by Crippen LogP contribution is -2.45. The molecule has 1 heterocycles. The van der Waals surface area contributed by atoms with Crippen molar-refractivity contribution in [3.05, 3.63) is 99.2 Å². The summed E-state index contributed by atoms with van der Waals surface area (Å²) in [6.45, 7) is 5.79. The number of nitrogens with zero attached hydrogens (tertiary/aromatic N) is 1. The molecule has 41 heavy (non-hydrogen) atoms. The number of alkyl carbamates (subject to hydrolysis) is 1. The normalized spacial score (nSPS) is 12.0. The van der Waals surface area contributed by atoms with E-state index < -0.39 is 23.7 Å². The van der Waals surface area contributed by atoms with E-state index in [1.54, 1.807) is 79.9 Å². The largest absolute Gasteiger partial charge is 0.492 e. The predicted octanol–water partition coefficient (Wildman–Crippen LogP) is 4.98. The highest BCUT2D eigenvalue weighted by atomic mass is 32.1. The molecule has 1 unspecified atom stereocenters. The fourth-order valence-corrected chi connectivity index (χ4v) is 5.13. The monoisotopic (exact) mass is 576 g/mol. The Kier molecular flexibility index (Phi) is 9.24. The molecule has 4 aromatic rings. The van der Waals surface area contributed by atoms with Gasteiger partial charge in [0.2, 0.25) is 0 Å². The smallest absolute Gasteiger partial charge is 0.408 e. The van der Waals surface area contributed by atoms with Crippen LogP contribution in [0.4, 0.5) is 4.79 Å². The number of hydrogen-bond donors (Lipinski definition) is 1. The van der Waals surface area contributed by atoms with E-state index in [2.05, 4.69) is 5.32 Å². The highest BCUT2D eigenvalue weighted by Gasteiger charge is 2.25. The van der Waals surface area contributed by atoms with E-state index >= 15 is 0 Å². The van der Waals surface area contributed by atoms with Gasteiger partial charge in [-0.05, 0) is 56.7 Å². The van der Waals surface area contributed by atoms with Crippen LogP contribution in [-0.4, -0.2) is 47.8 Å². The fraction of sp³-hybridized carbons (Fsp3) is 0.290. The lowest BCUT2D eigenvalue weighted by Gasteiger charge is -2.22. The first-order valence-electron chi connectivity index (χ1n) is 13.1. The number of ether oxygens (including phenoxy) is 3. The van der Waals surface area contributed by atoms with Crippen molar-refractivity contribution in [2.24, 2.45) is 0 Å². The minimum Gasteiger partial charge on any atom is -0.492 e. The highest BCUT2D eigenvalue weighted by molar-refractivity contribution is 7.16. The highest BCUT2D eigenvalue weighted by Crippen LogP contribution is 2.22. The Morgan fingerprint density at radius 3 is 2.32 bits per heavy atom. The molecule has 0 bridgehead atoms. The van der Waals surface area contributed by atoms with Gasteiger partial charge in [0.1, 0.15) is 24.0 Å². The molecule has 3 aromatic carbocycles. The summed E-state index contributed by atoms with van der Waals surface area (Å²) in [4.78, 5) is 49.7. The van der Waals surface area contributed by atoms with Crippen molar-refractivity contribution in [3.8, 4) is 5.75 Å². The number of thiazole rings is 1. The summed E-state index contributed by atoms with van der Waals surface area (Å²) in [7, 11) is 1.26. The molecule has 0 aliphatic heterocycles. The second-order valence-corrected chi connectivity index (χ2v) is 11.3. The molecule has 0 radical (unpaired) electrons. The molecule has 1 amide bonds. The van der Waals surface area contributed by atoms with Crippen LogP contribution < -0.4 is 14.9 Å². The van der Waals surface area contributed by atoms with Crippen molar-refractivity contribution in [1.82, 2.24) is 9.88 Å². The Hall–Kier alpha value is -4.44. The lowest BCUT2D eigenvalue weighted by atomic mass is 10.0. The van der Waals surface area contributed by atoms with E-state index in [9.17, 15) is 19.2 Å². The number of aromatic nitrogens is 1. The van der Waals surface area contributed by atoms with Crippen LogP contribution in [0.1, 0.15) is 42.3 Å². The maximum absolute atomic E-state index is 12.8. The van der Waals surface area contributed by atoms with Crippen molar-refractivity contribution in [1.29, 1.82) is 0 Å². The Morgan fingerprint density at radius 1 is 0.951 bits per heavy atom. The van der Waals surface area contributed by atoms with Gasteiger partial charge in [-0.1, -0.05) is 53.8 Å². The number of methoxy groups -OCH3 is 1. The van der Waals surface area contributed by atoms with E-state index in [0.29, 0.717) is 23.4 Å². The summed E-state index contributed by atoms with van der Waals surface area (Å²) < 4.78 is 18.3. The minimum atomic E-state index is -0.913. The van der Waals surface area contributed by atoms with E-state index in [0.717, 1.165) is 27.1 Å². The summed E-state index contributed by atoms with van der Waals surface area (Å²) in [6.07, 6.45) is -0.500. The quantitative estimate of drug-likeness (QED) is 0.209. The maximum atomic E-state index is 12.8. The number of carbonyl (C=O) groups excluding carboxylic acids is 3. The van der Waals surface area contributed by atoms with Gasteiger partial charge in [-0.3, -0.25) is 14.2 Å². The second kappa shape index (κ2) is 12.8. The van der Waals surface area contributed by atoms with Crippen molar-refractivity contribution >= 4 is 39.4 Å². The number of ketones is 1. The topological polar surface area (TPSA) is 113 Å². The van der Waals surface area contributed by atoms with E-state index in [4.69, 9.17) is 14.2 Å². The van der Waals surface area contributed by atoms with E-state index in [-0.39, 0.29) is 23.7 Å². The van der Waals surface area contributed by atoms with Crippen LogP contribution in [-0.2, 0) is 27.2 Å². The molecule has 1 N–H and O–H groups in total. The SMILES string of the molecule is COC(=O)C(Cc1ccc(OCCn2c(=O)sc3cc(C(=O)c4ccccc4)ccc32)cc1)NC(=O)OC(C)(C)C. The molecule has 4 rings (SSSR count). The van der Waals surface area contributed by atoms with Crippen molar-refractivity contribution in [3.63, 3.8) is 0 Å². The van der Waals surface area contributed by atoms with Crippen molar-refractivity contribution in [2.75, 3.05) is 13.7 Å². The number of amides is 1. The third-order valence-electron chi connectivity index (χ3n) is 6.09. The maximum Gasteiger partial charge on any atom is 0.408 e. The van der Waals surface area contributed by atoms with Gasteiger partial charge in [-0.15, -0.1) is 0 Å². The molecule has 0 aliphatic rings. The zero-order valence-electron chi connectivity index (χ0n) is 23.3. The van der Waals surface area contributed by atoms with Crippen LogP contribution in [0.2, 0.25) is 0 Å². The van der Waals surface area contributed by atoms with Crippen molar-refractivity contribution in [2.45, 2.75) is 45.4 Å². The Labute approximate surface area is 241 Å². The van der Waals surface area contributed by atoms with Crippen LogP contribution in [0.3, 0.4) is 0 Å². The molecule has 0 fully saturated rings. The summed E-state index contributed by atoms with van der Waals surface area (Å²) in [5.74, 6) is -0.0850. The zero-order valence-corrected chi connectivity index (χ0v) is 24.2. The third-order valence-corrected chi connectivity index (χ3v) is 7.03. The molecule has 0 saturated carbocycles. The molecule has 1 atom stereocenters. The number of fused-ring (bicyclic) bond motifs is 1. The second-order valence-electron chi connectivity index (χ2n) is 10.3. The molecule has 1 aromatic heterocycles. The molecular weight excluding hydrogens is 544 g/mol. The van der Waals surface area contributed by atoms with Gasteiger partial charge < -0.3 is 19.5 Å². The summed E-state index contributed by atoms with van der Waals surface area (Å²) in [5, 5.41) is 2.56. The van der Waals surface area contributed by atoms with Crippen LogP contribution in [0, 0.1) is 0 Å².